The molecule has 0 aliphatic carbocycles. The van der Waals surface area contributed by atoms with Crippen molar-refractivity contribution < 1.29 is 9.59 Å². The monoisotopic (exact) mass is 287 g/mol. The Morgan fingerprint density at radius 2 is 1.95 bits per heavy atom. The van der Waals surface area contributed by atoms with E-state index < -0.39 is 0 Å². The van der Waals surface area contributed by atoms with Gasteiger partial charge in [-0.15, -0.1) is 0 Å². The van der Waals surface area contributed by atoms with Crippen LogP contribution in [-0.2, 0) is 0 Å². The summed E-state index contributed by atoms with van der Waals surface area (Å²) in [4.78, 5) is 31.3. The number of hydrogen-bond acceptors (Lipinski definition) is 4. The number of carbonyl (C=O) groups excluding carboxylic acids is 2. The lowest BCUT2D eigenvalue weighted by Gasteiger charge is -2.07. The van der Waals surface area contributed by atoms with Crippen molar-refractivity contribution in [1.82, 2.24) is 25.9 Å². The molecule has 0 fully saturated rings. The molecule has 3 N–H and O–H groups in total. The Balaban J connectivity index is 1.86. The van der Waals surface area contributed by atoms with Crippen molar-refractivity contribution in [1.29, 1.82) is 0 Å². The van der Waals surface area contributed by atoms with Crippen molar-refractivity contribution in [3.8, 4) is 0 Å². The standard InChI is InChI=1S/C14H17N5O2/c1-2-15-14(21)18-7-6-17-13(20)11-8-10-4-3-5-16-12(10)9-19-11/h3-5,8-9H,2,6-7H2,1H3,(H,17,20)(H2,15,18,21). The van der Waals surface area contributed by atoms with Crippen LogP contribution in [0.1, 0.15) is 17.4 Å². The summed E-state index contributed by atoms with van der Waals surface area (Å²) in [5, 5.41) is 8.78. The molecular formula is C14H17N5O2. The van der Waals surface area contributed by atoms with Crippen LogP contribution in [0.3, 0.4) is 0 Å². The number of amides is 3. The van der Waals surface area contributed by atoms with Gasteiger partial charge in [0.25, 0.3) is 5.91 Å². The molecule has 3 amide bonds. The van der Waals surface area contributed by atoms with E-state index in [1.165, 1.54) is 0 Å². The molecule has 21 heavy (non-hydrogen) atoms. The normalized spacial score (nSPS) is 10.1. The molecule has 0 aliphatic rings. The molecule has 2 aromatic rings. The van der Waals surface area contributed by atoms with Gasteiger partial charge < -0.3 is 16.0 Å². The number of carbonyl (C=O) groups is 2. The zero-order valence-electron chi connectivity index (χ0n) is 11.7. The molecule has 2 aromatic heterocycles. The summed E-state index contributed by atoms with van der Waals surface area (Å²) >= 11 is 0. The topological polar surface area (TPSA) is 96.0 Å². The molecule has 7 nitrogen and oxygen atoms in total. The van der Waals surface area contributed by atoms with Gasteiger partial charge in [0.15, 0.2) is 0 Å². The van der Waals surface area contributed by atoms with Gasteiger partial charge >= 0.3 is 6.03 Å². The van der Waals surface area contributed by atoms with E-state index in [9.17, 15) is 9.59 Å². The third kappa shape index (κ3) is 4.13. The Bertz CT molecular complexity index is 644. The van der Waals surface area contributed by atoms with Crippen LogP contribution >= 0.6 is 0 Å². The lowest BCUT2D eigenvalue weighted by atomic mass is 10.2. The first-order valence-corrected chi connectivity index (χ1v) is 6.71. The molecule has 110 valence electrons. The SMILES string of the molecule is CCNC(=O)NCCNC(=O)c1cc2cccnc2cn1. The fraction of sp³-hybridized carbons (Fsp3) is 0.286. The lowest BCUT2D eigenvalue weighted by Crippen LogP contribution is -2.40. The van der Waals surface area contributed by atoms with Gasteiger partial charge in [-0.05, 0) is 19.1 Å². The average molecular weight is 287 g/mol. The number of nitrogens with zero attached hydrogens (tertiary/aromatic N) is 2. The smallest absolute Gasteiger partial charge is 0.314 e. The zero-order valence-corrected chi connectivity index (χ0v) is 11.7. The summed E-state index contributed by atoms with van der Waals surface area (Å²) < 4.78 is 0. The molecule has 0 spiro atoms. The molecule has 2 heterocycles. The van der Waals surface area contributed by atoms with Crippen LogP contribution in [0.4, 0.5) is 4.79 Å². The van der Waals surface area contributed by atoms with Crippen molar-refractivity contribution in [2.45, 2.75) is 6.92 Å². The maximum Gasteiger partial charge on any atom is 0.314 e. The summed E-state index contributed by atoms with van der Waals surface area (Å²) in [6.07, 6.45) is 3.24. The van der Waals surface area contributed by atoms with Gasteiger partial charge in [0.2, 0.25) is 0 Å². The van der Waals surface area contributed by atoms with Gasteiger partial charge in [-0.2, -0.15) is 0 Å². The van der Waals surface area contributed by atoms with Crippen LogP contribution in [0.2, 0.25) is 0 Å². The molecule has 0 radical (unpaired) electrons. The van der Waals surface area contributed by atoms with Gasteiger partial charge in [0.05, 0.1) is 11.7 Å². The fourth-order valence-corrected chi connectivity index (χ4v) is 1.76. The molecule has 0 aromatic carbocycles. The maximum absolute atomic E-state index is 11.9. The van der Waals surface area contributed by atoms with Crippen LogP contribution in [0.5, 0.6) is 0 Å². The Hall–Kier alpha value is -2.70. The summed E-state index contributed by atoms with van der Waals surface area (Å²) in [6, 6.07) is 5.12. The van der Waals surface area contributed by atoms with Crippen molar-refractivity contribution in [3.05, 3.63) is 36.3 Å². The molecule has 0 bridgehead atoms. The first-order chi connectivity index (χ1) is 10.2. The highest BCUT2D eigenvalue weighted by molar-refractivity contribution is 5.95. The number of hydrogen-bond donors (Lipinski definition) is 3. The zero-order chi connectivity index (χ0) is 15.1. The number of pyridine rings is 2. The van der Waals surface area contributed by atoms with Gasteiger partial charge in [-0.25, -0.2) is 9.78 Å². The Labute approximate surface area is 122 Å². The van der Waals surface area contributed by atoms with E-state index in [-0.39, 0.29) is 11.9 Å². The Morgan fingerprint density at radius 3 is 2.76 bits per heavy atom. The van der Waals surface area contributed by atoms with E-state index in [4.69, 9.17) is 0 Å². The Morgan fingerprint density at radius 1 is 1.14 bits per heavy atom. The van der Waals surface area contributed by atoms with Crippen LogP contribution in [-0.4, -0.2) is 41.5 Å². The molecule has 0 saturated carbocycles. The molecule has 0 unspecified atom stereocenters. The predicted octanol–water partition coefficient (Wildman–Crippen LogP) is 0.679. The second kappa shape index (κ2) is 7.18. The molecular weight excluding hydrogens is 270 g/mol. The first-order valence-electron chi connectivity index (χ1n) is 6.71. The number of aromatic nitrogens is 2. The van der Waals surface area contributed by atoms with Gasteiger partial charge in [-0.3, -0.25) is 9.78 Å². The third-order valence-electron chi connectivity index (χ3n) is 2.76. The van der Waals surface area contributed by atoms with E-state index in [1.807, 2.05) is 13.0 Å². The van der Waals surface area contributed by atoms with E-state index in [2.05, 4.69) is 25.9 Å². The highest BCUT2D eigenvalue weighted by Crippen LogP contribution is 2.10. The molecule has 2 rings (SSSR count). The van der Waals surface area contributed by atoms with Crippen LogP contribution in [0, 0.1) is 0 Å². The number of urea groups is 1. The second-order valence-electron chi connectivity index (χ2n) is 4.31. The average Bonchev–Trinajstić information content (AvgIpc) is 2.51. The van der Waals surface area contributed by atoms with E-state index in [0.29, 0.717) is 25.3 Å². The Kier molecular flexibility index (Phi) is 5.03. The fourth-order valence-electron chi connectivity index (χ4n) is 1.76. The first kappa shape index (κ1) is 14.7. The minimum absolute atomic E-state index is 0.248. The minimum atomic E-state index is -0.279. The summed E-state index contributed by atoms with van der Waals surface area (Å²) in [5.74, 6) is -0.279. The van der Waals surface area contributed by atoms with Crippen LogP contribution in [0.15, 0.2) is 30.6 Å². The largest absolute Gasteiger partial charge is 0.349 e. The molecule has 7 heteroatoms. The van der Waals surface area contributed by atoms with Gasteiger partial charge in [0, 0.05) is 31.2 Å². The van der Waals surface area contributed by atoms with Crippen molar-refractivity contribution in [2.75, 3.05) is 19.6 Å². The summed E-state index contributed by atoms with van der Waals surface area (Å²) in [6.45, 7) is 3.09. The number of fused-ring (bicyclic) bond motifs is 1. The maximum atomic E-state index is 11.9. The summed E-state index contributed by atoms with van der Waals surface area (Å²) in [7, 11) is 0. The summed E-state index contributed by atoms with van der Waals surface area (Å²) in [5.41, 5.74) is 1.07. The highest BCUT2D eigenvalue weighted by Gasteiger charge is 2.07. The molecule has 0 atom stereocenters. The quantitative estimate of drug-likeness (QED) is 0.705. The number of rotatable bonds is 5. The van der Waals surface area contributed by atoms with E-state index in [0.717, 1.165) is 10.9 Å². The van der Waals surface area contributed by atoms with E-state index >= 15 is 0 Å². The third-order valence-corrected chi connectivity index (χ3v) is 2.76. The predicted molar refractivity (Wildman–Crippen MR) is 78.9 cm³/mol. The highest BCUT2D eigenvalue weighted by atomic mass is 16.2. The second-order valence-corrected chi connectivity index (χ2v) is 4.31. The lowest BCUT2D eigenvalue weighted by molar-refractivity contribution is 0.0949. The minimum Gasteiger partial charge on any atom is -0.349 e. The van der Waals surface area contributed by atoms with Gasteiger partial charge in [-0.1, -0.05) is 6.07 Å². The van der Waals surface area contributed by atoms with Crippen molar-refractivity contribution in [3.63, 3.8) is 0 Å². The van der Waals surface area contributed by atoms with Crippen LogP contribution in [0.25, 0.3) is 10.9 Å². The van der Waals surface area contributed by atoms with Gasteiger partial charge in [0.1, 0.15) is 5.69 Å². The number of nitrogens with one attached hydrogen (secondary N) is 3. The van der Waals surface area contributed by atoms with Crippen LogP contribution < -0.4 is 16.0 Å². The van der Waals surface area contributed by atoms with E-state index in [1.54, 1.807) is 24.5 Å². The van der Waals surface area contributed by atoms with Crippen molar-refractivity contribution in [2.24, 2.45) is 0 Å². The molecule has 0 saturated heterocycles. The van der Waals surface area contributed by atoms with Crippen molar-refractivity contribution >= 4 is 22.8 Å². The molecule has 0 aliphatic heterocycles.